The Morgan fingerprint density at radius 1 is 1.00 bits per heavy atom. The Bertz CT molecular complexity index is 1240. The molecule has 0 bridgehead atoms. The molecule has 1 heterocycles. The fourth-order valence-corrected chi connectivity index (χ4v) is 4.18. The van der Waals surface area contributed by atoms with Crippen LogP contribution in [0.3, 0.4) is 0 Å². The molecular formula is C29H30N2O3. The molecule has 4 rings (SSSR count). The minimum Gasteiger partial charge on any atom is -0.497 e. The molecule has 0 saturated carbocycles. The zero-order chi connectivity index (χ0) is 24.3. The lowest BCUT2D eigenvalue weighted by molar-refractivity contribution is 0.102. The summed E-state index contributed by atoms with van der Waals surface area (Å²) in [6.07, 6.45) is 3.43. The number of ether oxygens (including phenoxy) is 1. The molecular weight excluding hydrogens is 424 g/mol. The summed E-state index contributed by atoms with van der Waals surface area (Å²) in [6.45, 7) is 6.31. The molecule has 0 aliphatic carbocycles. The molecule has 5 heteroatoms. The van der Waals surface area contributed by atoms with Gasteiger partial charge in [0.15, 0.2) is 5.78 Å². The molecule has 1 amide bonds. The van der Waals surface area contributed by atoms with Crippen LogP contribution >= 0.6 is 0 Å². The van der Waals surface area contributed by atoms with Gasteiger partial charge in [-0.05, 0) is 86.3 Å². The minimum absolute atomic E-state index is 0.109. The third kappa shape index (κ3) is 5.20. The van der Waals surface area contributed by atoms with Crippen molar-refractivity contribution < 1.29 is 14.3 Å². The summed E-state index contributed by atoms with van der Waals surface area (Å²) in [5.41, 5.74) is 5.74. The van der Waals surface area contributed by atoms with Gasteiger partial charge in [-0.2, -0.15) is 0 Å². The van der Waals surface area contributed by atoms with Crippen LogP contribution in [0.25, 0.3) is 5.70 Å². The van der Waals surface area contributed by atoms with E-state index in [0.29, 0.717) is 16.8 Å². The van der Waals surface area contributed by atoms with Crippen molar-refractivity contribution in [2.24, 2.45) is 0 Å². The topological polar surface area (TPSA) is 67.4 Å². The lowest BCUT2D eigenvalue weighted by Gasteiger charge is -2.35. The van der Waals surface area contributed by atoms with Gasteiger partial charge < -0.3 is 15.4 Å². The largest absolute Gasteiger partial charge is 0.497 e. The lowest BCUT2D eigenvalue weighted by Crippen LogP contribution is -2.43. The van der Waals surface area contributed by atoms with Gasteiger partial charge >= 0.3 is 0 Å². The highest BCUT2D eigenvalue weighted by molar-refractivity contribution is 6.09. The van der Waals surface area contributed by atoms with Crippen molar-refractivity contribution in [3.8, 4) is 5.75 Å². The van der Waals surface area contributed by atoms with Crippen LogP contribution in [0.5, 0.6) is 5.75 Å². The van der Waals surface area contributed by atoms with Gasteiger partial charge in [0.25, 0.3) is 5.91 Å². The highest BCUT2D eigenvalue weighted by Crippen LogP contribution is 2.32. The van der Waals surface area contributed by atoms with Gasteiger partial charge in [-0.15, -0.1) is 0 Å². The van der Waals surface area contributed by atoms with Gasteiger partial charge in [0, 0.05) is 39.7 Å². The van der Waals surface area contributed by atoms with E-state index in [1.54, 1.807) is 37.5 Å². The zero-order valence-electron chi connectivity index (χ0n) is 20.1. The molecule has 0 radical (unpaired) electrons. The van der Waals surface area contributed by atoms with E-state index >= 15 is 0 Å². The van der Waals surface area contributed by atoms with Gasteiger partial charge in [0.05, 0.1) is 7.11 Å². The molecule has 0 unspecified atom stereocenters. The van der Waals surface area contributed by atoms with Crippen molar-refractivity contribution in [2.45, 2.75) is 39.2 Å². The van der Waals surface area contributed by atoms with Gasteiger partial charge in [-0.25, -0.2) is 0 Å². The van der Waals surface area contributed by atoms with Gasteiger partial charge in [0.1, 0.15) is 5.75 Å². The van der Waals surface area contributed by atoms with Crippen LogP contribution in [0.1, 0.15) is 58.2 Å². The Morgan fingerprint density at radius 2 is 1.68 bits per heavy atom. The van der Waals surface area contributed by atoms with E-state index in [2.05, 4.69) is 37.5 Å². The molecule has 0 fully saturated rings. The van der Waals surface area contributed by atoms with Crippen molar-refractivity contribution >= 4 is 23.1 Å². The summed E-state index contributed by atoms with van der Waals surface area (Å²) in [5.74, 6) is 0.466. The smallest absolute Gasteiger partial charge is 0.255 e. The summed E-state index contributed by atoms with van der Waals surface area (Å²) in [5, 5.41) is 6.38. The first-order valence-corrected chi connectivity index (χ1v) is 11.5. The molecule has 0 spiro atoms. The molecule has 0 saturated heterocycles. The molecule has 1 aliphatic heterocycles. The summed E-state index contributed by atoms with van der Waals surface area (Å²) in [6, 6.07) is 20.5. The van der Waals surface area contributed by atoms with Crippen LogP contribution in [0.4, 0.5) is 5.69 Å². The number of aryl methyl sites for hydroxylation is 1. The summed E-state index contributed by atoms with van der Waals surface area (Å²) in [7, 11) is 1.64. The fraction of sp³-hybridized carbons (Fsp3) is 0.241. The molecule has 2 N–H and O–H groups in total. The van der Waals surface area contributed by atoms with E-state index in [1.165, 1.54) is 11.1 Å². The maximum absolute atomic E-state index is 13.1. The molecule has 3 aromatic carbocycles. The van der Waals surface area contributed by atoms with Gasteiger partial charge in [-0.1, -0.05) is 25.1 Å². The van der Waals surface area contributed by atoms with Gasteiger partial charge in [0.2, 0.25) is 0 Å². The summed E-state index contributed by atoms with van der Waals surface area (Å²) < 4.78 is 5.38. The lowest BCUT2D eigenvalue weighted by atomic mass is 9.85. The van der Waals surface area contributed by atoms with Crippen LogP contribution < -0.4 is 15.4 Å². The Hall–Kier alpha value is -3.86. The standard InChI is InChI=1S/C29H30N2O3/c1-5-19-6-8-21(9-7-19)28(33)30-23-13-10-20(11-14-23)27(32)17-26-25-16-24(34-4)15-12-22(25)18-29(2,3)31-26/h6-17,31H,5,18H2,1-4H3,(H,30,33). The molecule has 0 aromatic heterocycles. The number of fused-ring (bicyclic) bond motifs is 1. The van der Waals surface area contributed by atoms with E-state index in [1.807, 2.05) is 36.4 Å². The molecule has 34 heavy (non-hydrogen) atoms. The number of rotatable bonds is 6. The number of methoxy groups -OCH3 is 1. The van der Waals surface area contributed by atoms with Crippen LogP contribution in [0.2, 0.25) is 0 Å². The molecule has 1 aliphatic rings. The quantitative estimate of drug-likeness (QED) is 0.373. The van der Waals surface area contributed by atoms with Gasteiger partial charge in [-0.3, -0.25) is 9.59 Å². The van der Waals surface area contributed by atoms with Crippen LogP contribution in [0.15, 0.2) is 72.8 Å². The molecule has 0 atom stereocenters. The average Bonchev–Trinajstić information content (AvgIpc) is 2.83. The number of hydrogen-bond donors (Lipinski definition) is 2. The second-order valence-corrected chi connectivity index (χ2v) is 9.21. The van der Waals surface area contributed by atoms with Crippen molar-refractivity contribution in [1.82, 2.24) is 5.32 Å². The Balaban J connectivity index is 1.52. The van der Waals surface area contributed by atoms with Crippen molar-refractivity contribution in [3.05, 3.63) is 101 Å². The predicted octanol–water partition coefficient (Wildman–Crippen LogP) is 5.66. The third-order valence-corrected chi connectivity index (χ3v) is 6.04. The monoisotopic (exact) mass is 454 g/mol. The molecule has 3 aromatic rings. The summed E-state index contributed by atoms with van der Waals surface area (Å²) in [4.78, 5) is 25.6. The Kier molecular flexibility index (Phi) is 6.55. The van der Waals surface area contributed by atoms with E-state index in [9.17, 15) is 9.59 Å². The molecule has 174 valence electrons. The highest BCUT2D eigenvalue weighted by atomic mass is 16.5. The number of benzene rings is 3. The number of anilines is 1. The number of hydrogen-bond acceptors (Lipinski definition) is 4. The predicted molar refractivity (Wildman–Crippen MR) is 136 cm³/mol. The first-order chi connectivity index (χ1) is 16.3. The second kappa shape index (κ2) is 9.56. The number of allylic oxidation sites excluding steroid dienone is 1. The van der Waals surface area contributed by atoms with Crippen molar-refractivity contribution in [3.63, 3.8) is 0 Å². The first kappa shape index (κ1) is 23.3. The van der Waals surface area contributed by atoms with E-state index in [0.717, 1.165) is 29.9 Å². The van der Waals surface area contributed by atoms with Crippen molar-refractivity contribution in [1.29, 1.82) is 0 Å². The van der Waals surface area contributed by atoms with Crippen LogP contribution in [-0.4, -0.2) is 24.3 Å². The van der Waals surface area contributed by atoms with Crippen LogP contribution in [-0.2, 0) is 12.8 Å². The normalized spacial score (nSPS) is 15.2. The maximum atomic E-state index is 13.1. The SMILES string of the molecule is CCc1ccc(C(=O)Nc2ccc(C(=O)C=C3NC(C)(C)Cc4ccc(OC)cc43)cc2)cc1. The van der Waals surface area contributed by atoms with E-state index in [4.69, 9.17) is 4.74 Å². The van der Waals surface area contributed by atoms with Crippen molar-refractivity contribution in [2.75, 3.05) is 12.4 Å². The number of nitrogens with one attached hydrogen (secondary N) is 2. The number of ketones is 1. The Labute approximate surface area is 200 Å². The minimum atomic E-state index is -0.178. The molecule has 5 nitrogen and oxygen atoms in total. The highest BCUT2D eigenvalue weighted by Gasteiger charge is 2.28. The summed E-state index contributed by atoms with van der Waals surface area (Å²) >= 11 is 0. The van der Waals surface area contributed by atoms with Crippen LogP contribution in [0, 0.1) is 0 Å². The third-order valence-electron chi connectivity index (χ3n) is 6.04. The average molecular weight is 455 g/mol. The Morgan fingerprint density at radius 3 is 2.32 bits per heavy atom. The second-order valence-electron chi connectivity index (χ2n) is 9.21. The fourth-order valence-electron chi connectivity index (χ4n) is 4.18. The first-order valence-electron chi connectivity index (χ1n) is 11.5. The van der Waals surface area contributed by atoms with E-state index in [-0.39, 0.29) is 17.2 Å². The number of carbonyl (C=O) groups is 2. The number of amides is 1. The number of carbonyl (C=O) groups excluding carboxylic acids is 2. The zero-order valence-corrected chi connectivity index (χ0v) is 20.1. The maximum Gasteiger partial charge on any atom is 0.255 e. The van der Waals surface area contributed by atoms with E-state index < -0.39 is 0 Å².